The van der Waals surface area contributed by atoms with Crippen molar-refractivity contribution in [2.45, 2.75) is 0 Å². The predicted octanol–water partition coefficient (Wildman–Crippen LogP) is -1.10. The van der Waals surface area contributed by atoms with Crippen molar-refractivity contribution in [1.29, 1.82) is 0 Å². The number of hydrogen-bond donors (Lipinski definition) is 3. The Balaban J connectivity index is 2.32. The molecule has 0 aliphatic carbocycles. The van der Waals surface area contributed by atoms with Gasteiger partial charge in [0, 0.05) is 13.6 Å². The van der Waals surface area contributed by atoms with Gasteiger partial charge in [-0.3, -0.25) is 0 Å². The van der Waals surface area contributed by atoms with Gasteiger partial charge >= 0.3 is 0 Å². The molecule has 0 unspecified atom stereocenters. The monoisotopic (exact) mass is 236 g/mol. The Bertz CT molecular complexity index is 470. The summed E-state index contributed by atoms with van der Waals surface area (Å²) in [5, 5.41) is 18.3. The average Bonchev–Trinajstić information content (AvgIpc) is 2.89. The minimum absolute atomic E-state index is 0.000765. The summed E-state index contributed by atoms with van der Waals surface area (Å²) < 4.78 is 1.42. The number of anilines is 2. The molecule has 0 aliphatic rings. The Morgan fingerprint density at radius 2 is 2.12 bits per heavy atom. The highest BCUT2D eigenvalue weighted by atomic mass is 16.3. The van der Waals surface area contributed by atoms with E-state index < -0.39 is 0 Å². The van der Waals surface area contributed by atoms with Gasteiger partial charge in [0.2, 0.25) is 11.9 Å². The first-order valence-corrected chi connectivity index (χ1v) is 4.97. The SMILES string of the molecule is CNc1nc(NCCO)nc(-n2cncn2)n1. The first-order chi connectivity index (χ1) is 8.33. The molecule has 2 aromatic rings. The third-order valence-electron chi connectivity index (χ3n) is 1.87. The van der Waals surface area contributed by atoms with E-state index >= 15 is 0 Å². The summed E-state index contributed by atoms with van der Waals surface area (Å²) in [4.78, 5) is 16.2. The fraction of sp³-hybridized carbons (Fsp3) is 0.375. The number of nitrogens with one attached hydrogen (secondary N) is 2. The molecule has 17 heavy (non-hydrogen) atoms. The second-order valence-electron chi connectivity index (χ2n) is 3.02. The highest BCUT2D eigenvalue weighted by Crippen LogP contribution is 2.07. The molecule has 0 bridgehead atoms. The van der Waals surface area contributed by atoms with Crippen LogP contribution >= 0.6 is 0 Å². The van der Waals surface area contributed by atoms with Crippen molar-refractivity contribution in [3.8, 4) is 5.95 Å². The topological polar surface area (TPSA) is 114 Å². The van der Waals surface area contributed by atoms with Gasteiger partial charge in [-0.15, -0.1) is 0 Å². The van der Waals surface area contributed by atoms with Crippen molar-refractivity contribution < 1.29 is 5.11 Å². The van der Waals surface area contributed by atoms with Gasteiger partial charge in [0.25, 0.3) is 5.95 Å². The lowest BCUT2D eigenvalue weighted by Gasteiger charge is -2.06. The summed E-state index contributed by atoms with van der Waals surface area (Å²) in [7, 11) is 1.70. The summed E-state index contributed by atoms with van der Waals surface area (Å²) >= 11 is 0. The first kappa shape index (κ1) is 11.2. The van der Waals surface area contributed by atoms with Crippen LogP contribution in [-0.2, 0) is 0 Å². The van der Waals surface area contributed by atoms with Gasteiger partial charge < -0.3 is 15.7 Å². The van der Waals surface area contributed by atoms with Crippen LogP contribution < -0.4 is 10.6 Å². The number of aliphatic hydroxyl groups is 1. The van der Waals surface area contributed by atoms with E-state index in [0.717, 1.165) is 0 Å². The third kappa shape index (κ3) is 2.64. The van der Waals surface area contributed by atoms with Crippen LogP contribution in [0.4, 0.5) is 11.9 Å². The molecular weight excluding hydrogens is 224 g/mol. The normalized spacial score (nSPS) is 10.2. The van der Waals surface area contributed by atoms with E-state index in [1.807, 2.05) is 0 Å². The van der Waals surface area contributed by atoms with Crippen LogP contribution in [0.25, 0.3) is 5.95 Å². The molecule has 0 aromatic carbocycles. The lowest BCUT2D eigenvalue weighted by atomic mass is 10.7. The summed E-state index contributed by atoms with van der Waals surface area (Å²) in [6.07, 6.45) is 2.88. The first-order valence-electron chi connectivity index (χ1n) is 4.97. The summed E-state index contributed by atoms with van der Waals surface area (Å²) in [5.41, 5.74) is 0. The fourth-order valence-corrected chi connectivity index (χ4v) is 1.14. The molecule has 0 amide bonds. The third-order valence-corrected chi connectivity index (χ3v) is 1.87. The van der Waals surface area contributed by atoms with Gasteiger partial charge in [0.05, 0.1) is 6.61 Å². The Labute approximate surface area is 97.0 Å². The fourth-order valence-electron chi connectivity index (χ4n) is 1.14. The Kier molecular flexibility index (Phi) is 3.40. The van der Waals surface area contributed by atoms with E-state index in [1.165, 1.54) is 17.3 Å². The number of hydrogen-bond acceptors (Lipinski definition) is 8. The van der Waals surface area contributed by atoms with E-state index in [1.54, 1.807) is 7.05 Å². The highest BCUT2D eigenvalue weighted by molar-refractivity contribution is 5.37. The predicted molar refractivity (Wildman–Crippen MR) is 59.9 cm³/mol. The maximum Gasteiger partial charge on any atom is 0.258 e. The number of rotatable bonds is 5. The minimum atomic E-state index is -0.000765. The van der Waals surface area contributed by atoms with Crippen molar-refractivity contribution in [2.75, 3.05) is 30.8 Å². The zero-order valence-corrected chi connectivity index (χ0v) is 9.20. The molecule has 2 heterocycles. The van der Waals surface area contributed by atoms with E-state index in [4.69, 9.17) is 5.11 Å². The van der Waals surface area contributed by atoms with Gasteiger partial charge in [-0.2, -0.15) is 24.7 Å². The molecular formula is C8H12N8O. The maximum atomic E-state index is 8.73. The molecule has 0 spiro atoms. The molecule has 2 aromatic heterocycles. The number of aliphatic hydroxyl groups excluding tert-OH is 1. The quantitative estimate of drug-likeness (QED) is 0.599. The zero-order valence-electron chi connectivity index (χ0n) is 9.20. The lowest BCUT2D eigenvalue weighted by molar-refractivity contribution is 0.311. The molecule has 0 aliphatic heterocycles. The Morgan fingerprint density at radius 1 is 1.29 bits per heavy atom. The van der Waals surface area contributed by atoms with Gasteiger partial charge in [0.15, 0.2) is 0 Å². The molecule has 0 saturated carbocycles. The Hall–Kier alpha value is -2.29. The van der Waals surface area contributed by atoms with E-state index in [-0.39, 0.29) is 6.61 Å². The summed E-state index contributed by atoms with van der Waals surface area (Å²) in [5.74, 6) is 1.12. The molecule has 2 rings (SSSR count). The van der Waals surface area contributed by atoms with Gasteiger partial charge in [-0.1, -0.05) is 0 Å². The molecule has 90 valence electrons. The molecule has 0 atom stereocenters. The van der Waals surface area contributed by atoms with Crippen LogP contribution in [0.5, 0.6) is 0 Å². The Morgan fingerprint density at radius 3 is 2.76 bits per heavy atom. The highest BCUT2D eigenvalue weighted by Gasteiger charge is 2.07. The van der Waals surface area contributed by atoms with Crippen LogP contribution in [-0.4, -0.2) is 55.0 Å². The molecule has 0 radical (unpaired) electrons. The van der Waals surface area contributed by atoms with Crippen molar-refractivity contribution >= 4 is 11.9 Å². The van der Waals surface area contributed by atoms with Crippen molar-refractivity contribution in [3.63, 3.8) is 0 Å². The largest absolute Gasteiger partial charge is 0.395 e. The molecule has 0 fully saturated rings. The van der Waals surface area contributed by atoms with E-state index in [9.17, 15) is 0 Å². The van der Waals surface area contributed by atoms with Crippen molar-refractivity contribution in [1.82, 2.24) is 29.7 Å². The van der Waals surface area contributed by atoms with Crippen molar-refractivity contribution in [3.05, 3.63) is 12.7 Å². The minimum Gasteiger partial charge on any atom is -0.395 e. The summed E-state index contributed by atoms with van der Waals surface area (Å²) in [6.45, 7) is 0.364. The van der Waals surface area contributed by atoms with Gasteiger partial charge in [0.1, 0.15) is 12.7 Å². The maximum absolute atomic E-state index is 8.73. The van der Waals surface area contributed by atoms with Crippen LogP contribution in [0.3, 0.4) is 0 Å². The van der Waals surface area contributed by atoms with Gasteiger partial charge in [-0.25, -0.2) is 4.98 Å². The van der Waals surface area contributed by atoms with Crippen LogP contribution in [0.2, 0.25) is 0 Å². The lowest BCUT2D eigenvalue weighted by Crippen LogP contribution is -2.13. The van der Waals surface area contributed by atoms with Crippen LogP contribution in [0, 0.1) is 0 Å². The van der Waals surface area contributed by atoms with Crippen molar-refractivity contribution in [2.24, 2.45) is 0 Å². The van der Waals surface area contributed by atoms with E-state index in [2.05, 4.69) is 35.7 Å². The molecule has 9 heteroatoms. The number of nitrogens with zero attached hydrogens (tertiary/aromatic N) is 6. The molecule has 3 N–H and O–H groups in total. The molecule has 9 nitrogen and oxygen atoms in total. The smallest absolute Gasteiger partial charge is 0.258 e. The van der Waals surface area contributed by atoms with E-state index in [0.29, 0.717) is 24.4 Å². The molecule has 0 saturated heterocycles. The second kappa shape index (κ2) is 5.16. The average molecular weight is 236 g/mol. The summed E-state index contributed by atoms with van der Waals surface area (Å²) in [6, 6.07) is 0. The van der Waals surface area contributed by atoms with Gasteiger partial charge in [-0.05, 0) is 0 Å². The zero-order chi connectivity index (χ0) is 12.1. The van der Waals surface area contributed by atoms with Crippen LogP contribution in [0.1, 0.15) is 0 Å². The second-order valence-corrected chi connectivity index (χ2v) is 3.02. The van der Waals surface area contributed by atoms with Crippen LogP contribution in [0.15, 0.2) is 12.7 Å². The number of aromatic nitrogens is 6. The standard InChI is InChI=1S/C8H12N8O/c1-9-6-13-7(11-2-3-17)15-8(14-6)16-5-10-4-12-16/h4-5,17H,2-3H2,1H3,(H2,9,11,13,14,15).